The predicted octanol–water partition coefficient (Wildman–Crippen LogP) is 1.76. The van der Waals surface area contributed by atoms with Gasteiger partial charge in [-0.05, 0) is 24.6 Å². The van der Waals surface area contributed by atoms with Crippen LogP contribution in [0, 0.1) is 0 Å². The van der Waals surface area contributed by atoms with Crippen molar-refractivity contribution in [3.8, 4) is 0 Å². The first-order valence-electron chi connectivity index (χ1n) is 6.55. The topological polar surface area (TPSA) is 64.2 Å². The molecule has 1 amide bonds. The summed E-state index contributed by atoms with van der Waals surface area (Å²) < 4.78 is 1.73. The Hall–Kier alpha value is -2.30. The summed E-state index contributed by atoms with van der Waals surface area (Å²) >= 11 is 0. The average Bonchev–Trinajstić information content (AvgIpc) is 2.82. The summed E-state index contributed by atoms with van der Waals surface area (Å²) in [5, 5.41) is 4.11. The Labute approximate surface area is 119 Å². The second kappa shape index (κ2) is 5.77. The van der Waals surface area contributed by atoms with E-state index in [1.807, 2.05) is 44.4 Å². The van der Waals surface area contributed by atoms with Gasteiger partial charge in [0.05, 0.1) is 12.1 Å². The molecule has 2 N–H and O–H groups in total. The highest BCUT2D eigenvalue weighted by atomic mass is 16.2. The molecule has 1 unspecified atom stereocenters. The molecule has 0 aliphatic rings. The second-order valence-electron chi connectivity index (χ2n) is 5.11. The van der Waals surface area contributed by atoms with E-state index in [0.29, 0.717) is 12.2 Å². The maximum Gasteiger partial charge on any atom is 0.229 e. The first kappa shape index (κ1) is 14.1. The lowest BCUT2D eigenvalue weighted by molar-refractivity contribution is -0.131. The first-order chi connectivity index (χ1) is 9.47. The summed E-state index contributed by atoms with van der Waals surface area (Å²) in [6, 6.07) is 7.47. The SMILES string of the molecule is CC(C(=O)N(C)Cc1cnn(C)c1)c1cccc(N)c1. The maximum absolute atomic E-state index is 12.4. The van der Waals surface area contributed by atoms with Crippen LogP contribution in [0.4, 0.5) is 5.69 Å². The molecular weight excluding hydrogens is 252 g/mol. The van der Waals surface area contributed by atoms with Crippen molar-refractivity contribution in [2.45, 2.75) is 19.4 Å². The Balaban J connectivity index is 2.06. The molecule has 0 fully saturated rings. The van der Waals surface area contributed by atoms with Crippen molar-refractivity contribution in [1.29, 1.82) is 0 Å². The van der Waals surface area contributed by atoms with Gasteiger partial charge in [0.25, 0.3) is 0 Å². The van der Waals surface area contributed by atoms with Crippen LogP contribution in [0.3, 0.4) is 0 Å². The molecule has 2 aromatic rings. The quantitative estimate of drug-likeness (QED) is 0.863. The number of carbonyl (C=O) groups excluding carboxylic acids is 1. The molecular formula is C15H20N4O. The summed E-state index contributed by atoms with van der Waals surface area (Å²) in [5.41, 5.74) is 8.40. The minimum Gasteiger partial charge on any atom is -0.399 e. The van der Waals surface area contributed by atoms with Gasteiger partial charge in [0.15, 0.2) is 0 Å². The molecule has 0 radical (unpaired) electrons. The van der Waals surface area contributed by atoms with E-state index in [-0.39, 0.29) is 11.8 Å². The van der Waals surface area contributed by atoms with Crippen LogP contribution in [0.1, 0.15) is 24.0 Å². The third-order valence-electron chi connectivity index (χ3n) is 3.34. The Morgan fingerprint density at radius 3 is 2.85 bits per heavy atom. The van der Waals surface area contributed by atoms with Gasteiger partial charge in [0.1, 0.15) is 0 Å². The van der Waals surface area contributed by atoms with Gasteiger partial charge < -0.3 is 10.6 Å². The molecule has 0 aliphatic heterocycles. The number of amides is 1. The fourth-order valence-corrected chi connectivity index (χ4v) is 2.21. The molecule has 1 heterocycles. The number of likely N-dealkylation sites (N-methyl/N-ethyl adjacent to an activating group) is 1. The molecule has 20 heavy (non-hydrogen) atoms. The van der Waals surface area contributed by atoms with Crippen molar-refractivity contribution in [2.24, 2.45) is 7.05 Å². The van der Waals surface area contributed by atoms with Crippen molar-refractivity contribution < 1.29 is 4.79 Å². The number of nitrogen functional groups attached to an aromatic ring is 1. The first-order valence-corrected chi connectivity index (χ1v) is 6.55. The van der Waals surface area contributed by atoms with Gasteiger partial charge in [-0.3, -0.25) is 9.48 Å². The van der Waals surface area contributed by atoms with Gasteiger partial charge in [-0.15, -0.1) is 0 Å². The molecule has 1 aromatic heterocycles. The molecule has 5 heteroatoms. The van der Waals surface area contributed by atoms with Crippen molar-refractivity contribution in [3.63, 3.8) is 0 Å². The van der Waals surface area contributed by atoms with Gasteiger partial charge in [-0.25, -0.2) is 0 Å². The third-order valence-corrected chi connectivity index (χ3v) is 3.34. The summed E-state index contributed by atoms with van der Waals surface area (Å²) in [6.07, 6.45) is 3.68. The normalized spacial score (nSPS) is 12.2. The number of aromatic nitrogens is 2. The minimum atomic E-state index is -0.208. The zero-order chi connectivity index (χ0) is 14.7. The van der Waals surface area contributed by atoms with E-state index >= 15 is 0 Å². The zero-order valence-corrected chi connectivity index (χ0v) is 12.1. The highest BCUT2D eigenvalue weighted by Gasteiger charge is 2.19. The van der Waals surface area contributed by atoms with Crippen LogP contribution in [0.15, 0.2) is 36.7 Å². The number of hydrogen-bond donors (Lipinski definition) is 1. The number of anilines is 1. The minimum absolute atomic E-state index is 0.0689. The van der Waals surface area contributed by atoms with Crippen LogP contribution in [0.2, 0.25) is 0 Å². The summed E-state index contributed by atoms with van der Waals surface area (Å²) in [4.78, 5) is 14.1. The Kier molecular flexibility index (Phi) is 4.08. The van der Waals surface area contributed by atoms with Crippen LogP contribution < -0.4 is 5.73 Å². The molecule has 0 saturated carbocycles. The van der Waals surface area contributed by atoms with Gasteiger partial charge in [0, 0.05) is 38.1 Å². The molecule has 0 saturated heterocycles. The fourth-order valence-electron chi connectivity index (χ4n) is 2.21. The van der Waals surface area contributed by atoms with Crippen LogP contribution in [0.25, 0.3) is 0 Å². The van der Waals surface area contributed by atoms with Crippen molar-refractivity contribution in [2.75, 3.05) is 12.8 Å². The predicted molar refractivity (Wildman–Crippen MR) is 79.0 cm³/mol. The van der Waals surface area contributed by atoms with Gasteiger partial charge in [-0.2, -0.15) is 5.10 Å². The largest absolute Gasteiger partial charge is 0.399 e. The zero-order valence-electron chi connectivity index (χ0n) is 12.1. The standard InChI is InChI=1S/C15H20N4O/c1-11(13-5-4-6-14(16)7-13)15(20)18(2)9-12-8-17-19(3)10-12/h4-8,10-11H,9,16H2,1-3H3. The van der Waals surface area contributed by atoms with Gasteiger partial charge in [-0.1, -0.05) is 12.1 Å². The monoisotopic (exact) mass is 272 g/mol. The van der Waals surface area contributed by atoms with E-state index in [1.54, 1.807) is 22.8 Å². The smallest absolute Gasteiger partial charge is 0.229 e. The molecule has 0 spiro atoms. The Bertz CT molecular complexity index is 605. The molecule has 106 valence electrons. The maximum atomic E-state index is 12.4. The van der Waals surface area contributed by atoms with E-state index in [4.69, 9.17) is 5.73 Å². The van der Waals surface area contributed by atoms with Crippen molar-refractivity contribution in [3.05, 3.63) is 47.8 Å². The Morgan fingerprint density at radius 2 is 2.25 bits per heavy atom. The number of rotatable bonds is 4. The highest BCUT2D eigenvalue weighted by Crippen LogP contribution is 2.20. The number of hydrogen-bond acceptors (Lipinski definition) is 3. The average molecular weight is 272 g/mol. The Morgan fingerprint density at radius 1 is 1.50 bits per heavy atom. The lowest BCUT2D eigenvalue weighted by Gasteiger charge is -2.21. The van der Waals surface area contributed by atoms with E-state index in [1.165, 1.54) is 0 Å². The summed E-state index contributed by atoms with van der Waals surface area (Å²) in [5.74, 6) is -0.139. The van der Waals surface area contributed by atoms with E-state index in [0.717, 1.165) is 11.1 Å². The number of benzene rings is 1. The summed E-state index contributed by atoms with van der Waals surface area (Å²) in [7, 11) is 3.67. The van der Waals surface area contributed by atoms with Crippen LogP contribution in [0.5, 0.6) is 0 Å². The van der Waals surface area contributed by atoms with Crippen LogP contribution in [-0.4, -0.2) is 27.6 Å². The molecule has 1 aromatic carbocycles. The second-order valence-corrected chi connectivity index (χ2v) is 5.11. The van der Waals surface area contributed by atoms with Gasteiger partial charge in [0.2, 0.25) is 5.91 Å². The molecule has 0 aliphatic carbocycles. The molecule has 5 nitrogen and oxygen atoms in total. The molecule has 1 atom stereocenters. The van der Waals surface area contributed by atoms with Crippen LogP contribution in [-0.2, 0) is 18.4 Å². The lowest BCUT2D eigenvalue weighted by atomic mass is 9.99. The fraction of sp³-hybridized carbons (Fsp3) is 0.333. The highest BCUT2D eigenvalue weighted by molar-refractivity contribution is 5.83. The van der Waals surface area contributed by atoms with Crippen molar-refractivity contribution in [1.82, 2.24) is 14.7 Å². The lowest BCUT2D eigenvalue weighted by Crippen LogP contribution is -2.30. The van der Waals surface area contributed by atoms with E-state index < -0.39 is 0 Å². The number of carbonyl (C=O) groups is 1. The molecule has 2 rings (SSSR count). The molecule has 0 bridgehead atoms. The van der Waals surface area contributed by atoms with E-state index in [9.17, 15) is 4.79 Å². The van der Waals surface area contributed by atoms with Crippen molar-refractivity contribution >= 4 is 11.6 Å². The van der Waals surface area contributed by atoms with Crippen LogP contribution >= 0.6 is 0 Å². The summed E-state index contributed by atoms with van der Waals surface area (Å²) in [6.45, 7) is 2.45. The third kappa shape index (κ3) is 3.17. The number of nitrogens with zero attached hydrogens (tertiary/aromatic N) is 3. The van der Waals surface area contributed by atoms with E-state index in [2.05, 4.69) is 5.10 Å². The number of aryl methyl sites for hydroxylation is 1. The van der Waals surface area contributed by atoms with Gasteiger partial charge >= 0.3 is 0 Å². The number of nitrogens with two attached hydrogens (primary N) is 1.